The lowest BCUT2D eigenvalue weighted by atomic mass is 10.0. The summed E-state index contributed by atoms with van der Waals surface area (Å²) in [6.07, 6.45) is 0. The fraction of sp³-hybridized carbons (Fsp3) is 0. The van der Waals surface area contributed by atoms with Crippen LogP contribution in [0.25, 0.3) is 71.0 Å². The molecular weight excluding hydrogens is 414 g/mol. The van der Waals surface area contributed by atoms with E-state index in [0.29, 0.717) is 0 Å². The van der Waals surface area contributed by atoms with Crippen molar-refractivity contribution in [2.24, 2.45) is 0 Å². The molecule has 0 saturated heterocycles. The average molecular weight is 434 g/mol. The minimum Gasteiger partial charge on any atom is -0.454 e. The summed E-state index contributed by atoms with van der Waals surface area (Å²) in [5, 5.41) is 9.75. The Morgan fingerprint density at radius 2 is 1.15 bits per heavy atom. The first kappa shape index (κ1) is 17.9. The molecule has 0 saturated carbocycles. The molecule has 8 aromatic rings. The van der Waals surface area contributed by atoms with Gasteiger partial charge in [-0.1, -0.05) is 91.0 Å². The maximum Gasteiger partial charge on any atom is 0.160 e. The van der Waals surface area contributed by atoms with E-state index in [1.165, 1.54) is 43.5 Å². The van der Waals surface area contributed by atoms with Gasteiger partial charge in [0.15, 0.2) is 5.58 Å². The maximum atomic E-state index is 6.56. The van der Waals surface area contributed by atoms with Crippen LogP contribution in [0.4, 0.5) is 0 Å². The fourth-order valence-electron chi connectivity index (χ4n) is 5.70. The highest BCUT2D eigenvalue weighted by Gasteiger charge is 2.21. The normalized spacial score (nSPS) is 12.1. The highest BCUT2D eigenvalue weighted by Crippen LogP contribution is 2.43. The van der Waals surface area contributed by atoms with Gasteiger partial charge in [0.05, 0.1) is 16.7 Å². The van der Waals surface area contributed by atoms with Crippen molar-refractivity contribution in [2.45, 2.75) is 0 Å². The lowest BCUT2D eigenvalue weighted by Crippen LogP contribution is -1.95. The van der Waals surface area contributed by atoms with E-state index in [0.717, 1.165) is 27.5 Å². The Labute approximate surface area is 195 Å². The largest absolute Gasteiger partial charge is 0.454 e. The second-order valence-corrected chi connectivity index (χ2v) is 8.95. The molecule has 8 rings (SSSR count). The quantitative estimate of drug-likeness (QED) is 0.253. The number of benzene rings is 6. The molecule has 6 aromatic carbocycles. The van der Waals surface area contributed by atoms with Crippen molar-refractivity contribution in [3.05, 3.63) is 115 Å². The van der Waals surface area contributed by atoms with E-state index in [1.54, 1.807) is 0 Å². The third-order valence-electron chi connectivity index (χ3n) is 7.17. The molecule has 0 unspecified atom stereocenters. The van der Waals surface area contributed by atoms with Crippen LogP contribution >= 0.6 is 0 Å². The monoisotopic (exact) mass is 433 g/mol. The van der Waals surface area contributed by atoms with E-state index in [4.69, 9.17) is 4.42 Å². The molecule has 2 nitrogen and oxygen atoms in total. The molecule has 2 heteroatoms. The third kappa shape index (κ3) is 2.24. The second kappa shape index (κ2) is 6.49. The van der Waals surface area contributed by atoms with Gasteiger partial charge in [-0.2, -0.15) is 0 Å². The zero-order valence-corrected chi connectivity index (χ0v) is 18.3. The molecule has 0 fully saturated rings. The molecule has 0 aliphatic heterocycles. The topological polar surface area (TPSA) is 18.1 Å². The minimum absolute atomic E-state index is 0.921. The Morgan fingerprint density at radius 3 is 2.03 bits per heavy atom. The van der Waals surface area contributed by atoms with Gasteiger partial charge >= 0.3 is 0 Å². The number of furan rings is 1. The van der Waals surface area contributed by atoms with Crippen LogP contribution in [0.15, 0.2) is 120 Å². The Balaban J connectivity index is 1.69. The number of para-hydroxylation sites is 1. The van der Waals surface area contributed by atoms with Crippen molar-refractivity contribution < 1.29 is 4.42 Å². The summed E-state index contributed by atoms with van der Waals surface area (Å²) in [6.45, 7) is 0. The summed E-state index contributed by atoms with van der Waals surface area (Å²) in [5.41, 5.74) is 5.34. The molecule has 2 aromatic heterocycles. The highest BCUT2D eigenvalue weighted by molar-refractivity contribution is 6.27. The molecule has 0 aliphatic carbocycles. The zero-order chi connectivity index (χ0) is 22.2. The third-order valence-corrected chi connectivity index (χ3v) is 7.17. The molecule has 0 N–H and O–H groups in total. The van der Waals surface area contributed by atoms with E-state index >= 15 is 0 Å². The van der Waals surface area contributed by atoms with Crippen molar-refractivity contribution in [1.29, 1.82) is 0 Å². The lowest BCUT2D eigenvalue weighted by molar-refractivity contribution is 0.671. The summed E-state index contributed by atoms with van der Waals surface area (Å²) in [6, 6.07) is 41.1. The van der Waals surface area contributed by atoms with Crippen molar-refractivity contribution in [3.63, 3.8) is 0 Å². The summed E-state index contributed by atoms with van der Waals surface area (Å²) < 4.78 is 8.97. The van der Waals surface area contributed by atoms with Crippen LogP contribution in [-0.2, 0) is 0 Å². The second-order valence-electron chi connectivity index (χ2n) is 8.95. The number of nitrogens with zero attached hydrogens (tertiary/aromatic N) is 1. The molecule has 0 amide bonds. The van der Waals surface area contributed by atoms with Crippen LogP contribution < -0.4 is 0 Å². The van der Waals surface area contributed by atoms with Crippen LogP contribution in [0.3, 0.4) is 0 Å². The number of hydrogen-bond donors (Lipinski definition) is 0. The Hall–Kier alpha value is -4.56. The first-order valence-electron chi connectivity index (χ1n) is 11.6. The first-order valence-corrected chi connectivity index (χ1v) is 11.6. The molecule has 0 radical (unpaired) electrons. The molecular formula is C32H19NO. The van der Waals surface area contributed by atoms with Gasteiger partial charge in [-0.3, -0.25) is 0 Å². The zero-order valence-electron chi connectivity index (χ0n) is 18.3. The molecule has 0 bridgehead atoms. The van der Waals surface area contributed by atoms with Crippen LogP contribution in [-0.4, -0.2) is 4.57 Å². The van der Waals surface area contributed by atoms with Gasteiger partial charge in [0.2, 0.25) is 0 Å². The van der Waals surface area contributed by atoms with Crippen molar-refractivity contribution in [2.75, 3.05) is 0 Å². The number of hydrogen-bond acceptors (Lipinski definition) is 1. The van der Waals surface area contributed by atoms with E-state index in [9.17, 15) is 0 Å². The fourth-order valence-corrected chi connectivity index (χ4v) is 5.70. The molecule has 2 heterocycles. The highest BCUT2D eigenvalue weighted by atomic mass is 16.3. The van der Waals surface area contributed by atoms with Gasteiger partial charge in [0, 0.05) is 26.9 Å². The summed E-state index contributed by atoms with van der Waals surface area (Å²) in [4.78, 5) is 0. The van der Waals surface area contributed by atoms with E-state index in [2.05, 4.69) is 114 Å². The van der Waals surface area contributed by atoms with Crippen LogP contribution in [0, 0.1) is 0 Å². The van der Waals surface area contributed by atoms with Gasteiger partial charge in [-0.25, -0.2) is 0 Å². The summed E-state index contributed by atoms with van der Waals surface area (Å²) in [5.74, 6) is 0. The van der Waals surface area contributed by atoms with Gasteiger partial charge in [-0.05, 0) is 40.4 Å². The Morgan fingerprint density at radius 1 is 0.471 bits per heavy atom. The number of aromatic nitrogens is 1. The van der Waals surface area contributed by atoms with Crippen LogP contribution in [0.2, 0.25) is 0 Å². The van der Waals surface area contributed by atoms with Gasteiger partial charge in [0.25, 0.3) is 0 Å². The predicted octanol–water partition coefficient (Wildman–Crippen LogP) is 8.99. The van der Waals surface area contributed by atoms with E-state index in [-0.39, 0.29) is 0 Å². The number of rotatable bonds is 1. The Bertz CT molecular complexity index is 2070. The van der Waals surface area contributed by atoms with Crippen molar-refractivity contribution in [3.8, 4) is 5.69 Å². The molecule has 34 heavy (non-hydrogen) atoms. The minimum atomic E-state index is 0.921. The van der Waals surface area contributed by atoms with E-state index in [1.807, 2.05) is 6.07 Å². The van der Waals surface area contributed by atoms with Crippen molar-refractivity contribution >= 4 is 65.3 Å². The predicted molar refractivity (Wildman–Crippen MR) is 143 cm³/mol. The SMILES string of the molecule is c1ccc2c(-n3c4ccc5ccccc5c4c4ccc5c6ccccc6oc5c43)cccc2c1. The Kier molecular flexibility index (Phi) is 3.42. The summed E-state index contributed by atoms with van der Waals surface area (Å²) >= 11 is 0. The molecule has 0 spiro atoms. The van der Waals surface area contributed by atoms with Gasteiger partial charge in [-0.15, -0.1) is 0 Å². The molecule has 0 atom stereocenters. The maximum absolute atomic E-state index is 6.56. The van der Waals surface area contributed by atoms with Crippen molar-refractivity contribution in [1.82, 2.24) is 4.57 Å². The van der Waals surface area contributed by atoms with Crippen LogP contribution in [0.5, 0.6) is 0 Å². The first-order chi connectivity index (χ1) is 16.9. The molecule has 0 aliphatic rings. The summed E-state index contributed by atoms with van der Waals surface area (Å²) in [7, 11) is 0. The van der Waals surface area contributed by atoms with Gasteiger partial charge in [0.1, 0.15) is 5.58 Å². The smallest absolute Gasteiger partial charge is 0.160 e. The van der Waals surface area contributed by atoms with Gasteiger partial charge < -0.3 is 8.98 Å². The number of fused-ring (bicyclic) bond motifs is 10. The average Bonchev–Trinajstić information content (AvgIpc) is 3.44. The molecule has 158 valence electrons. The standard InChI is InChI=1S/C32H19NO/c1-3-11-22-20(8-1)10-7-14-27(22)33-28-19-16-21-9-2-4-12-23(21)30(28)26-18-17-25-24-13-5-6-15-29(24)34-32(25)31(26)33/h1-19H. The van der Waals surface area contributed by atoms with Crippen LogP contribution in [0.1, 0.15) is 0 Å². The lowest BCUT2D eigenvalue weighted by Gasteiger charge is -2.12. The van der Waals surface area contributed by atoms with E-state index < -0.39 is 0 Å².